The third-order valence-corrected chi connectivity index (χ3v) is 4.77. The van der Waals surface area contributed by atoms with Gasteiger partial charge in [-0.3, -0.25) is 4.79 Å². The molecule has 0 radical (unpaired) electrons. The third kappa shape index (κ3) is 3.85. The van der Waals surface area contributed by atoms with Crippen LogP contribution in [-0.2, 0) is 6.54 Å². The van der Waals surface area contributed by atoms with Crippen molar-refractivity contribution in [3.8, 4) is 11.3 Å². The molecule has 3 aromatic rings. The fourth-order valence-corrected chi connectivity index (χ4v) is 3.20. The SMILES string of the molecule is CCn1ncc2c(C(=O)N(C)CC(C)(C)CN)cc(-c3ccccc3)nc21. The lowest BCUT2D eigenvalue weighted by atomic mass is 9.93. The summed E-state index contributed by atoms with van der Waals surface area (Å²) in [6.45, 7) is 7.92. The molecule has 3 rings (SSSR count). The minimum atomic E-state index is -0.146. The Labute approximate surface area is 160 Å². The summed E-state index contributed by atoms with van der Waals surface area (Å²) in [5.41, 5.74) is 8.79. The topological polar surface area (TPSA) is 77.0 Å². The van der Waals surface area contributed by atoms with Gasteiger partial charge in [-0.2, -0.15) is 5.10 Å². The quantitative estimate of drug-likeness (QED) is 0.728. The van der Waals surface area contributed by atoms with Gasteiger partial charge in [0.1, 0.15) is 0 Å². The molecule has 6 nitrogen and oxygen atoms in total. The summed E-state index contributed by atoms with van der Waals surface area (Å²) in [4.78, 5) is 19.8. The Balaban J connectivity index is 2.11. The average molecular weight is 365 g/mol. The van der Waals surface area contributed by atoms with Crippen LogP contribution in [0.3, 0.4) is 0 Å². The van der Waals surface area contributed by atoms with E-state index in [9.17, 15) is 4.79 Å². The number of aromatic nitrogens is 3. The molecule has 0 aliphatic rings. The Morgan fingerprint density at radius 2 is 1.96 bits per heavy atom. The number of benzene rings is 1. The van der Waals surface area contributed by atoms with Gasteiger partial charge in [-0.15, -0.1) is 0 Å². The van der Waals surface area contributed by atoms with Crippen molar-refractivity contribution in [3.05, 3.63) is 48.2 Å². The second kappa shape index (κ2) is 7.48. The number of amides is 1. The average Bonchev–Trinajstić information content (AvgIpc) is 3.10. The minimum Gasteiger partial charge on any atom is -0.341 e. The third-order valence-electron chi connectivity index (χ3n) is 4.77. The number of carbonyl (C=O) groups is 1. The first-order valence-corrected chi connectivity index (χ1v) is 9.24. The zero-order valence-electron chi connectivity index (χ0n) is 16.4. The minimum absolute atomic E-state index is 0.0447. The highest BCUT2D eigenvalue weighted by Gasteiger charge is 2.24. The van der Waals surface area contributed by atoms with Gasteiger partial charge in [0.2, 0.25) is 0 Å². The summed E-state index contributed by atoms with van der Waals surface area (Å²) in [7, 11) is 1.82. The smallest absolute Gasteiger partial charge is 0.254 e. The number of nitrogens with zero attached hydrogens (tertiary/aromatic N) is 4. The zero-order valence-corrected chi connectivity index (χ0v) is 16.4. The first kappa shape index (κ1) is 19.0. The molecule has 6 heteroatoms. The number of fused-ring (bicyclic) bond motifs is 1. The van der Waals surface area contributed by atoms with Crippen molar-refractivity contribution < 1.29 is 4.79 Å². The number of aryl methyl sites for hydroxylation is 1. The van der Waals surface area contributed by atoms with Gasteiger partial charge in [0.15, 0.2) is 5.65 Å². The largest absolute Gasteiger partial charge is 0.341 e. The summed E-state index contributed by atoms with van der Waals surface area (Å²) >= 11 is 0. The van der Waals surface area contributed by atoms with E-state index >= 15 is 0 Å². The van der Waals surface area contributed by atoms with Crippen LogP contribution in [0.4, 0.5) is 0 Å². The predicted octanol–water partition coefficient (Wildman–Crippen LogP) is 3.18. The van der Waals surface area contributed by atoms with Crippen molar-refractivity contribution in [2.75, 3.05) is 20.1 Å². The van der Waals surface area contributed by atoms with Crippen molar-refractivity contribution in [2.45, 2.75) is 27.3 Å². The Hall–Kier alpha value is -2.73. The summed E-state index contributed by atoms with van der Waals surface area (Å²) in [5, 5.41) is 5.18. The molecule has 2 aromatic heterocycles. The summed E-state index contributed by atoms with van der Waals surface area (Å²) in [6.07, 6.45) is 1.73. The van der Waals surface area contributed by atoms with E-state index in [0.29, 0.717) is 25.2 Å². The van der Waals surface area contributed by atoms with Gasteiger partial charge >= 0.3 is 0 Å². The molecular formula is C21H27N5O. The van der Waals surface area contributed by atoms with Crippen LogP contribution in [0.1, 0.15) is 31.1 Å². The number of nitrogens with two attached hydrogens (primary N) is 1. The molecular weight excluding hydrogens is 338 g/mol. The monoisotopic (exact) mass is 365 g/mol. The van der Waals surface area contributed by atoms with Gasteiger partial charge in [-0.25, -0.2) is 9.67 Å². The molecule has 1 aromatic carbocycles. The van der Waals surface area contributed by atoms with Crippen molar-refractivity contribution in [3.63, 3.8) is 0 Å². The van der Waals surface area contributed by atoms with E-state index in [4.69, 9.17) is 10.7 Å². The van der Waals surface area contributed by atoms with Crippen LogP contribution < -0.4 is 5.73 Å². The molecule has 0 saturated carbocycles. The molecule has 0 atom stereocenters. The maximum absolute atomic E-state index is 13.3. The van der Waals surface area contributed by atoms with Gasteiger partial charge in [-0.1, -0.05) is 44.2 Å². The lowest BCUT2D eigenvalue weighted by Crippen LogP contribution is -2.39. The molecule has 2 N–H and O–H groups in total. The number of pyridine rings is 1. The van der Waals surface area contributed by atoms with Crippen LogP contribution in [0.15, 0.2) is 42.6 Å². The normalized spacial score (nSPS) is 11.7. The first-order chi connectivity index (χ1) is 12.9. The molecule has 1 amide bonds. The fourth-order valence-electron chi connectivity index (χ4n) is 3.20. The highest BCUT2D eigenvalue weighted by molar-refractivity contribution is 6.06. The maximum Gasteiger partial charge on any atom is 0.254 e. The van der Waals surface area contributed by atoms with Gasteiger partial charge in [0, 0.05) is 25.7 Å². The summed E-state index contributed by atoms with van der Waals surface area (Å²) in [5.74, 6) is -0.0447. The van der Waals surface area contributed by atoms with E-state index in [1.54, 1.807) is 11.1 Å². The van der Waals surface area contributed by atoms with E-state index in [0.717, 1.165) is 22.3 Å². The fraction of sp³-hybridized carbons (Fsp3) is 0.381. The van der Waals surface area contributed by atoms with Gasteiger partial charge in [-0.05, 0) is 24.9 Å². The lowest BCUT2D eigenvalue weighted by molar-refractivity contribution is 0.0742. The Kier molecular flexibility index (Phi) is 5.28. The van der Waals surface area contributed by atoms with Crippen molar-refractivity contribution >= 4 is 16.9 Å². The number of hydrogen-bond acceptors (Lipinski definition) is 4. The van der Waals surface area contributed by atoms with Gasteiger partial charge in [0.05, 0.1) is 22.8 Å². The van der Waals surface area contributed by atoms with Crippen molar-refractivity contribution in [1.29, 1.82) is 0 Å². The summed E-state index contributed by atoms with van der Waals surface area (Å²) in [6, 6.07) is 11.8. The van der Waals surface area contributed by atoms with Crippen LogP contribution in [0.5, 0.6) is 0 Å². The van der Waals surface area contributed by atoms with Gasteiger partial charge in [0.25, 0.3) is 5.91 Å². The van der Waals surface area contributed by atoms with E-state index in [2.05, 4.69) is 18.9 Å². The van der Waals surface area contributed by atoms with Crippen LogP contribution in [0, 0.1) is 5.41 Å². The molecule has 0 aliphatic carbocycles. The number of carbonyl (C=O) groups excluding carboxylic acids is 1. The zero-order chi connectivity index (χ0) is 19.6. The Bertz CT molecular complexity index is 946. The van der Waals surface area contributed by atoms with Crippen LogP contribution in [0.25, 0.3) is 22.3 Å². The first-order valence-electron chi connectivity index (χ1n) is 9.24. The molecule has 2 heterocycles. The Morgan fingerprint density at radius 3 is 2.59 bits per heavy atom. The summed E-state index contributed by atoms with van der Waals surface area (Å²) < 4.78 is 1.82. The van der Waals surface area contributed by atoms with E-state index in [1.165, 1.54) is 0 Å². The van der Waals surface area contributed by atoms with Crippen LogP contribution in [0.2, 0.25) is 0 Å². The van der Waals surface area contributed by atoms with E-state index < -0.39 is 0 Å². The van der Waals surface area contributed by atoms with E-state index in [1.807, 2.05) is 55.1 Å². The van der Waals surface area contributed by atoms with Crippen molar-refractivity contribution in [1.82, 2.24) is 19.7 Å². The highest BCUT2D eigenvalue weighted by Crippen LogP contribution is 2.26. The number of hydrogen-bond donors (Lipinski definition) is 1. The molecule has 0 aliphatic heterocycles. The molecule has 0 spiro atoms. The lowest BCUT2D eigenvalue weighted by Gasteiger charge is -2.29. The predicted molar refractivity (Wildman–Crippen MR) is 108 cm³/mol. The molecule has 142 valence electrons. The maximum atomic E-state index is 13.3. The Morgan fingerprint density at radius 1 is 1.26 bits per heavy atom. The van der Waals surface area contributed by atoms with Crippen LogP contribution >= 0.6 is 0 Å². The van der Waals surface area contributed by atoms with Crippen molar-refractivity contribution in [2.24, 2.45) is 11.1 Å². The van der Waals surface area contributed by atoms with Gasteiger partial charge < -0.3 is 10.6 Å². The van der Waals surface area contributed by atoms with Crippen LogP contribution in [-0.4, -0.2) is 45.7 Å². The number of rotatable bonds is 6. The van der Waals surface area contributed by atoms with E-state index in [-0.39, 0.29) is 11.3 Å². The molecule has 27 heavy (non-hydrogen) atoms. The second-order valence-corrected chi connectivity index (χ2v) is 7.65. The highest BCUT2D eigenvalue weighted by atomic mass is 16.2. The molecule has 0 fully saturated rings. The molecule has 0 bridgehead atoms. The molecule has 0 unspecified atom stereocenters. The second-order valence-electron chi connectivity index (χ2n) is 7.65. The standard InChI is InChI=1S/C21H27N5O/c1-5-26-19-17(12-23-26)16(20(27)25(4)14-21(2,3)13-22)11-18(24-19)15-9-7-6-8-10-15/h6-12H,5,13-14,22H2,1-4H3. The molecule has 0 saturated heterocycles.